The molecule has 0 aliphatic carbocycles. The fraction of sp³-hybridized carbons (Fsp3) is 0.909. The molecule has 2 aliphatic rings. The van der Waals surface area contributed by atoms with E-state index >= 15 is 0 Å². The zero-order valence-electron chi connectivity index (χ0n) is 10.6. The summed E-state index contributed by atoms with van der Waals surface area (Å²) in [5.41, 5.74) is 0. The Morgan fingerprint density at radius 2 is 2.00 bits per heavy atom. The minimum Gasteiger partial charge on any atom is -0.454 e. The van der Waals surface area contributed by atoms with E-state index in [2.05, 4.69) is 0 Å². The van der Waals surface area contributed by atoms with E-state index in [1.165, 1.54) is 6.92 Å². The Kier molecular flexibility index (Phi) is 3.37. The number of ether oxygens (including phenoxy) is 4. The van der Waals surface area contributed by atoms with Gasteiger partial charge in [-0.1, -0.05) is 0 Å². The second-order valence-corrected chi connectivity index (χ2v) is 5.00. The fourth-order valence-corrected chi connectivity index (χ4v) is 2.17. The third-order valence-electron chi connectivity index (χ3n) is 2.97. The van der Waals surface area contributed by atoms with Gasteiger partial charge in [0.25, 0.3) is 0 Å². The topological polar surface area (TPSA) is 94.5 Å². The first-order valence-electron chi connectivity index (χ1n) is 5.77. The summed E-state index contributed by atoms with van der Waals surface area (Å²) in [6.07, 6.45) is -3.53. The van der Waals surface area contributed by atoms with Gasteiger partial charge in [-0.3, -0.25) is 4.79 Å². The number of hydrogen-bond donors (Lipinski definition) is 2. The van der Waals surface area contributed by atoms with Gasteiger partial charge < -0.3 is 29.2 Å². The van der Waals surface area contributed by atoms with Crippen LogP contribution in [0.25, 0.3) is 0 Å². The molecule has 2 aliphatic heterocycles. The lowest BCUT2D eigenvalue weighted by molar-refractivity contribution is -0.339. The Hall–Kier alpha value is -0.730. The van der Waals surface area contributed by atoms with Gasteiger partial charge in [0.05, 0.1) is 6.61 Å². The predicted molar refractivity (Wildman–Crippen MR) is 57.4 cm³/mol. The molecule has 4 atom stereocenters. The van der Waals surface area contributed by atoms with Crippen molar-refractivity contribution in [3.05, 3.63) is 0 Å². The second-order valence-electron chi connectivity index (χ2n) is 5.00. The first-order chi connectivity index (χ1) is 8.26. The highest BCUT2D eigenvalue weighted by molar-refractivity contribution is 5.66. The van der Waals surface area contributed by atoms with Crippen LogP contribution in [-0.4, -0.2) is 59.3 Å². The normalized spacial score (nSPS) is 43.1. The maximum Gasteiger partial charge on any atom is 0.303 e. The molecule has 0 aromatic carbocycles. The highest BCUT2D eigenvalue weighted by Crippen LogP contribution is 2.39. The smallest absolute Gasteiger partial charge is 0.303 e. The number of carbonyl (C=O) groups excluding carboxylic acids is 1. The lowest BCUT2D eigenvalue weighted by Gasteiger charge is -2.43. The molecule has 104 valence electrons. The minimum atomic E-state index is -1.37. The Bertz CT molecular complexity index is 342. The zero-order chi connectivity index (χ0) is 13.6. The molecule has 0 unspecified atom stereocenters. The molecular weight excluding hydrogens is 244 g/mol. The Morgan fingerprint density at radius 1 is 1.33 bits per heavy atom. The largest absolute Gasteiger partial charge is 0.454 e. The van der Waals surface area contributed by atoms with E-state index in [9.17, 15) is 15.0 Å². The third kappa shape index (κ3) is 2.36. The van der Waals surface area contributed by atoms with Gasteiger partial charge >= 0.3 is 5.97 Å². The van der Waals surface area contributed by atoms with Crippen molar-refractivity contribution in [2.24, 2.45) is 0 Å². The SMILES string of the molecule is CC(=O)O[C@H]1[C@H](O)[C@H](O)CO[C@]12COC(C)(C)O2. The molecule has 18 heavy (non-hydrogen) atoms. The van der Waals surface area contributed by atoms with Crippen LogP contribution >= 0.6 is 0 Å². The Balaban J connectivity index is 2.24. The molecule has 0 aromatic rings. The van der Waals surface area contributed by atoms with Crippen LogP contribution in [0, 0.1) is 0 Å². The first kappa shape index (κ1) is 13.7. The lowest BCUT2D eigenvalue weighted by atomic mass is 9.97. The Morgan fingerprint density at radius 3 is 2.50 bits per heavy atom. The summed E-state index contributed by atoms with van der Waals surface area (Å²) in [7, 11) is 0. The van der Waals surface area contributed by atoms with Crippen LogP contribution in [0.5, 0.6) is 0 Å². The van der Waals surface area contributed by atoms with Gasteiger partial charge in [0.1, 0.15) is 18.8 Å². The highest BCUT2D eigenvalue weighted by Gasteiger charge is 2.60. The van der Waals surface area contributed by atoms with Crippen LogP contribution in [0.4, 0.5) is 0 Å². The molecule has 7 nitrogen and oxygen atoms in total. The zero-order valence-corrected chi connectivity index (χ0v) is 10.6. The van der Waals surface area contributed by atoms with Gasteiger partial charge in [-0.2, -0.15) is 0 Å². The number of aliphatic hydroxyl groups excluding tert-OH is 2. The number of rotatable bonds is 1. The second kappa shape index (κ2) is 4.43. The molecule has 2 saturated heterocycles. The van der Waals surface area contributed by atoms with Crippen molar-refractivity contribution in [1.29, 1.82) is 0 Å². The van der Waals surface area contributed by atoms with Crippen molar-refractivity contribution in [2.75, 3.05) is 13.2 Å². The van der Waals surface area contributed by atoms with E-state index < -0.39 is 35.9 Å². The van der Waals surface area contributed by atoms with Crippen LogP contribution in [0.15, 0.2) is 0 Å². The summed E-state index contributed by atoms with van der Waals surface area (Å²) in [5.74, 6) is -2.86. The average Bonchev–Trinajstić information content (AvgIpc) is 2.57. The Labute approximate surface area is 105 Å². The highest BCUT2D eigenvalue weighted by atomic mass is 16.8. The molecule has 7 heteroatoms. The molecule has 2 fully saturated rings. The summed E-state index contributed by atoms with van der Waals surface area (Å²) >= 11 is 0. The molecule has 2 rings (SSSR count). The van der Waals surface area contributed by atoms with Gasteiger partial charge in [0.2, 0.25) is 5.79 Å². The number of carbonyl (C=O) groups is 1. The molecule has 0 radical (unpaired) electrons. The predicted octanol–water partition coefficient (Wildman–Crippen LogP) is -0.851. The summed E-state index contributed by atoms with van der Waals surface area (Å²) in [5, 5.41) is 19.5. The van der Waals surface area contributed by atoms with Crippen LogP contribution in [0.2, 0.25) is 0 Å². The summed E-state index contributed by atoms with van der Waals surface area (Å²) in [6.45, 7) is 4.49. The molecule has 0 saturated carbocycles. The maximum atomic E-state index is 11.1. The van der Waals surface area contributed by atoms with Crippen molar-refractivity contribution >= 4 is 5.97 Å². The van der Waals surface area contributed by atoms with Gasteiger partial charge in [-0.15, -0.1) is 0 Å². The average molecular weight is 262 g/mol. The van der Waals surface area contributed by atoms with Crippen LogP contribution in [0.1, 0.15) is 20.8 Å². The molecule has 2 heterocycles. The summed E-state index contributed by atoms with van der Waals surface area (Å²) < 4.78 is 21.5. The molecular formula is C11H18O7. The van der Waals surface area contributed by atoms with Crippen molar-refractivity contribution in [2.45, 2.75) is 50.7 Å². The van der Waals surface area contributed by atoms with E-state index in [-0.39, 0.29) is 13.2 Å². The molecule has 0 bridgehead atoms. The van der Waals surface area contributed by atoms with Gasteiger partial charge in [0, 0.05) is 6.92 Å². The molecule has 0 amide bonds. The number of esters is 1. The van der Waals surface area contributed by atoms with E-state index in [0.717, 1.165) is 0 Å². The van der Waals surface area contributed by atoms with Gasteiger partial charge in [-0.05, 0) is 13.8 Å². The van der Waals surface area contributed by atoms with Gasteiger partial charge in [-0.25, -0.2) is 0 Å². The summed E-state index contributed by atoms with van der Waals surface area (Å²) in [4.78, 5) is 11.1. The number of hydrogen-bond acceptors (Lipinski definition) is 7. The van der Waals surface area contributed by atoms with Crippen molar-refractivity contribution in [3.8, 4) is 0 Å². The van der Waals surface area contributed by atoms with E-state index in [0.29, 0.717) is 0 Å². The van der Waals surface area contributed by atoms with E-state index in [4.69, 9.17) is 18.9 Å². The molecule has 1 spiro atoms. The van der Waals surface area contributed by atoms with Crippen LogP contribution in [-0.2, 0) is 23.7 Å². The van der Waals surface area contributed by atoms with E-state index in [1.807, 2.05) is 0 Å². The van der Waals surface area contributed by atoms with Crippen LogP contribution < -0.4 is 0 Å². The van der Waals surface area contributed by atoms with E-state index in [1.54, 1.807) is 13.8 Å². The van der Waals surface area contributed by atoms with Crippen molar-refractivity contribution in [1.82, 2.24) is 0 Å². The quantitative estimate of drug-likeness (QED) is 0.594. The standard InChI is InChI=1S/C11H18O7/c1-6(12)17-9-8(14)7(13)4-15-11(9)5-16-10(2,3)18-11/h7-9,13-14H,4-5H2,1-3H3/t7-,8-,9+,11+/m1/s1. The van der Waals surface area contributed by atoms with Crippen molar-refractivity contribution in [3.63, 3.8) is 0 Å². The van der Waals surface area contributed by atoms with Gasteiger partial charge in [0.15, 0.2) is 11.9 Å². The monoisotopic (exact) mass is 262 g/mol. The van der Waals surface area contributed by atoms with Crippen molar-refractivity contribution < 1.29 is 34.0 Å². The number of aliphatic hydroxyl groups is 2. The molecule has 2 N–H and O–H groups in total. The lowest BCUT2D eigenvalue weighted by Crippen LogP contribution is -2.63. The third-order valence-corrected chi connectivity index (χ3v) is 2.97. The summed E-state index contributed by atoms with van der Waals surface area (Å²) in [6, 6.07) is 0. The first-order valence-corrected chi connectivity index (χ1v) is 5.77. The fourth-order valence-electron chi connectivity index (χ4n) is 2.17. The molecule has 0 aromatic heterocycles. The maximum absolute atomic E-state index is 11.1. The van der Waals surface area contributed by atoms with Crippen LogP contribution in [0.3, 0.4) is 0 Å². The minimum absolute atomic E-state index is 0.0156.